The Labute approximate surface area is 166 Å². The summed E-state index contributed by atoms with van der Waals surface area (Å²) in [7, 11) is 0. The third-order valence-corrected chi connectivity index (χ3v) is 6.25. The number of likely N-dealkylation sites (tertiary alicyclic amines) is 1. The van der Waals surface area contributed by atoms with Gasteiger partial charge >= 0.3 is 0 Å². The van der Waals surface area contributed by atoms with Crippen molar-refractivity contribution in [2.45, 2.75) is 44.7 Å². The fourth-order valence-electron chi connectivity index (χ4n) is 4.69. The Morgan fingerprint density at radius 2 is 2.07 bits per heavy atom. The predicted molar refractivity (Wildman–Crippen MR) is 111 cm³/mol. The molecule has 2 saturated heterocycles. The second-order valence-electron chi connectivity index (χ2n) is 8.25. The number of carbonyl (C=O) groups excluding carboxylic acids is 1. The monoisotopic (exact) mass is 384 g/mol. The fourth-order valence-corrected chi connectivity index (χ4v) is 4.69. The summed E-state index contributed by atoms with van der Waals surface area (Å²) in [6, 6.07) is 4.31. The molecule has 2 aromatic rings. The van der Waals surface area contributed by atoms with E-state index >= 15 is 0 Å². The molecule has 0 spiro atoms. The number of hydrogen-bond donors (Lipinski definition) is 3. The lowest BCUT2D eigenvalue weighted by Crippen LogP contribution is -2.52. The topological polar surface area (TPSA) is 90.3 Å². The van der Waals surface area contributed by atoms with Crippen molar-refractivity contribution >= 4 is 16.8 Å². The molecule has 1 aromatic heterocycles. The number of piperidine rings is 1. The van der Waals surface area contributed by atoms with E-state index in [1.54, 1.807) is 0 Å². The molecule has 0 saturated carbocycles. The van der Waals surface area contributed by atoms with Gasteiger partial charge in [-0.1, -0.05) is 6.07 Å². The number of carbonyl (C=O) groups is 1. The number of H-pyrrole nitrogens is 1. The highest BCUT2D eigenvalue weighted by Crippen LogP contribution is 2.21. The molecule has 0 radical (unpaired) electrons. The largest absolute Gasteiger partial charge is 0.341 e. The second-order valence-corrected chi connectivity index (χ2v) is 8.25. The van der Waals surface area contributed by atoms with Gasteiger partial charge in [-0.05, 0) is 62.9 Å². The lowest BCUT2D eigenvalue weighted by Gasteiger charge is -2.38. The minimum absolute atomic E-state index is 0.0842. The molecule has 1 atom stereocenters. The van der Waals surface area contributed by atoms with Gasteiger partial charge in [-0.2, -0.15) is 5.10 Å². The fraction of sp³-hybridized carbons (Fsp3) is 0.619. The molecular formula is C21H32N6O. The first kappa shape index (κ1) is 19.4. The summed E-state index contributed by atoms with van der Waals surface area (Å²) in [6.07, 6.45) is 5.71. The summed E-state index contributed by atoms with van der Waals surface area (Å²) in [4.78, 5) is 17.5. The number of amides is 1. The third-order valence-electron chi connectivity index (χ3n) is 6.25. The van der Waals surface area contributed by atoms with Crippen molar-refractivity contribution in [1.82, 2.24) is 25.3 Å². The SMILES string of the molecule is Cc1cc(CC(N)C(=O)N2CCC(N3CCCNCC3)CC2)cc2cn[nH]c12. The van der Waals surface area contributed by atoms with Crippen molar-refractivity contribution < 1.29 is 4.79 Å². The number of nitrogens with zero attached hydrogens (tertiary/aromatic N) is 3. The Morgan fingerprint density at radius 3 is 2.89 bits per heavy atom. The molecule has 7 heteroatoms. The van der Waals surface area contributed by atoms with E-state index in [9.17, 15) is 4.79 Å². The number of benzene rings is 1. The summed E-state index contributed by atoms with van der Waals surface area (Å²) >= 11 is 0. The van der Waals surface area contributed by atoms with Gasteiger partial charge in [0.1, 0.15) is 0 Å². The van der Waals surface area contributed by atoms with Crippen LogP contribution in [0.5, 0.6) is 0 Å². The van der Waals surface area contributed by atoms with Crippen molar-refractivity contribution in [2.75, 3.05) is 39.3 Å². The smallest absolute Gasteiger partial charge is 0.239 e. The van der Waals surface area contributed by atoms with E-state index in [1.807, 2.05) is 11.1 Å². The molecule has 0 bridgehead atoms. The first-order chi connectivity index (χ1) is 13.6. The highest BCUT2D eigenvalue weighted by Gasteiger charge is 2.29. The number of hydrogen-bond acceptors (Lipinski definition) is 5. The van der Waals surface area contributed by atoms with Gasteiger partial charge in [-0.3, -0.25) is 14.8 Å². The van der Waals surface area contributed by atoms with Gasteiger partial charge in [-0.25, -0.2) is 0 Å². The number of nitrogens with one attached hydrogen (secondary N) is 2. The number of rotatable bonds is 4. The Balaban J connectivity index is 1.32. The molecule has 3 heterocycles. The Hall–Kier alpha value is -1.96. The average molecular weight is 385 g/mol. The van der Waals surface area contributed by atoms with Crippen LogP contribution in [-0.2, 0) is 11.2 Å². The molecule has 7 nitrogen and oxygen atoms in total. The van der Waals surface area contributed by atoms with Crippen LogP contribution in [0.2, 0.25) is 0 Å². The van der Waals surface area contributed by atoms with Crippen LogP contribution in [0.1, 0.15) is 30.4 Å². The van der Waals surface area contributed by atoms with E-state index in [1.165, 1.54) is 13.0 Å². The van der Waals surface area contributed by atoms with Gasteiger partial charge in [0.25, 0.3) is 0 Å². The number of nitrogens with two attached hydrogens (primary N) is 1. The quantitative estimate of drug-likeness (QED) is 0.732. The van der Waals surface area contributed by atoms with Gasteiger partial charge in [-0.15, -0.1) is 0 Å². The van der Waals surface area contributed by atoms with Gasteiger partial charge in [0.05, 0.1) is 17.8 Å². The molecule has 1 unspecified atom stereocenters. The number of aromatic nitrogens is 2. The lowest BCUT2D eigenvalue weighted by molar-refractivity contribution is -0.134. The standard InChI is InChI=1S/C21H32N6O/c1-15-11-16(12-17-14-24-25-20(15)17)13-19(22)21(28)27-8-3-18(4-9-27)26-7-2-5-23-6-10-26/h11-12,14,18-19,23H,2-10,13,22H2,1H3,(H,24,25). The van der Waals surface area contributed by atoms with Crippen LogP contribution in [0.15, 0.2) is 18.3 Å². The van der Waals surface area contributed by atoms with Crippen molar-refractivity contribution in [2.24, 2.45) is 5.73 Å². The average Bonchev–Trinajstić information content (AvgIpc) is 3.01. The van der Waals surface area contributed by atoms with Gasteiger partial charge in [0.2, 0.25) is 5.91 Å². The van der Waals surface area contributed by atoms with Gasteiger partial charge < -0.3 is 16.0 Å². The minimum Gasteiger partial charge on any atom is -0.341 e. The summed E-state index contributed by atoms with van der Waals surface area (Å²) in [5.74, 6) is 0.0842. The van der Waals surface area contributed by atoms with Crippen LogP contribution < -0.4 is 11.1 Å². The van der Waals surface area contributed by atoms with E-state index in [0.29, 0.717) is 12.5 Å². The van der Waals surface area contributed by atoms with Crippen molar-refractivity contribution in [3.63, 3.8) is 0 Å². The zero-order valence-corrected chi connectivity index (χ0v) is 16.8. The summed E-state index contributed by atoms with van der Waals surface area (Å²) in [5, 5.41) is 11.7. The maximum absolute atomic E-state index is 12.9. The van der Waals surface area contributed by atoms with Crippen LogP contribution in [0.25, 0.3) is 10.9 Å². The highest BCUT2D eigenvalue weighted by atomic mass is 16.2. The molecule has 2 aliphatic rings. The van der Waals surface area contributed by atoms with E-state index in [4.69, 9.17) is 5.73 Å². The molecular weight excluding hydrogens is 352 g/mol. The van der Waals surface area contributed by atoms with Crippen LogP contribution in [0.4, 0.5) is 0 Å². The molecule has 28 heavy (non-hydrogen) atoms. The van der Waals surface area contributed by atoms with E-state index in [-0.39, 0.29) is 5.91 Å². The van der Waals surface area contributed by atoms with E-state index in [2.05, 4.69) is 39.5 Å². The Bertz CT molecular complexity index is 802. The second kappa shape index (κ2) is 8.59. The normalized spacial score (nSPS) is 21.0. The summed E-state index contributed by atoms with van der Waals surface area (Å²) < 4.78 is 0. The van der Waals surface area contributed by atoms with Crippen molar-refractivity contribution in [3.8, 4) is 0 Å². The first-order valence-electron chi connectivity index (χ1n) is 10.5. The maximum atomic E-state index is 12.9. The lowest BCUT2D eigenvalue weighted by atomic mass is 9.99. The Morgan fingerprint density at radius 1 is 1.25 bits per heavy atom. The zero-order valence-electron chi connectivity index (χ0n) is 16.8. The van der Waals surface area contributed by atoms with Crippen molar-refractivity contribution in [3.05, 3.63) is 29.5 Å². The van der Waals surface area contributed by atoms with Crippen LogP contribution in [-0.4, -0.2) is 77.3 Å². The van der Waals surface area contributed by atoms with E-state index < -0.39 is 6.04 Å². The molecule has 0 aliphatic carbocycles. The third kappa shape index (κ3) is 4.21. The number of aryl methyl sites for hydroxylation is 1. The van der Waals surface area contributed by atoms with Gasteiger partial charge in [0.15, 0.2) is 0 Å². The zero-order chi connectivity index (χ0) is 19.5. The molecule has 152 valence electrons. The molecule has 4 rings (SSSR count). The molecule has 2 fully saturated rings. The van der Waals surface area contributed by atoms with E-state index in [0.717, 1.165) is 67.6 Å². The number of aromatic amines is 1. The first-order valence-corrected chi connectivity index (χ1v) is 10.5. The number of fused-ring (bicyclic) bond motifs is 1. The summed E-state index contributed by atoms with van der Waals surface area (Å²) in [6.45, 7) is 8.18. The molecule has 1 aromatic carbocycles. The van der Waals surface area contributed by atoms with Gasteiger partial charge in [0, 0.05) is 37.6 Å². The van der Waals surface area contributed by atoms with Crippen LogP contribution in [0.3, 0.4) is 0 Å². The van der Waals surface area contributed by atoms with Crippen LogP contribution in [0, 0.1) is 6.92 Å². The highest BCUT2D eigenvalue weighted by molar-refractivity contribution is 5.84. The molecule has 2 aliphatic heterocycles. The minimum atomic E-state index is -0.484. The maximum Gasteiger partial charge on any atom is 0.239 e. The predicted octanol–water partition coefficient (Wildman–Crippen LogP) is 1.03. The molecule has 1 amide bonds. The van der Waals surface area contributed by atoms with Crippen molar-refractivity contribution in [1.29, 1.82) is 0 Å². The Kier molecular flexibility index (Phi) is 5.94. The summed E-state index contributed by atoms with van der Waals surface area (Å²) in [5.41, 5.74) is 9.60. The van der Waals surface area contributed by atoms with Crippen LogP contribution >= 0.6 is 0 Å². The molecule has 4 N–H and O–H groups in total.